The Labute approximate surface area is 750 Å². The maximum Gasteiger partial charge on any atom is 0.329 e. The molecule has 33 nitrogen and oxygen atoms in total. The maximum atomic E-state index is 14.8. The molecule has 3 fully saturated rings. The first-order chi connectivity index (χ1) is 61.3. The predicted octanol–water partition coefficient (Wildman–Crippen LogP) is 9.35. The Morgan fingerprint density at radius 2 is 1.40 bits per heavy atom. The number of nitrogens with two attached hydrogens (primary N) is 2. The number of piperidine rings is 1. The lowest BCUT2D eigenvalue weighted by Gasteiger charge is -2.42. The van der Waals surface area contributed by atoms with E-state index in [2.05, 4.69) is 38.5 Å². The van der Waals surface area contributed by atoms with Crippen LogP contribution in [0.15, 0.2) is 94.7 Å². The first kappa shape index (κ1) is 101. The number of amides is 2. The molecule has 2 bridgehead atoms. The number of thiocarbonyl (C=S) groups is 1. The van der Waals surface area contributed by atoms with Crippen molar-refractivity contribution < 1.29 is 110 Å². The van der Waals surface area contributed by atoms with Crippen molar-refractivity contribution in [1.29, 1.82) is 0 Å². The number of aliphatic hydroxyl groups is 2. The topological polar surface area (TPSA) is 412 Å². The molecule has 0 unspecified atom stereocenters. The fraction of sp³-hybridized carbons (Fsp3) is 0.645. The van der Waals surface area contributed by atoms with Gasteiger partial charge in [-0.15, -0.1) is 0 Å². The van der Waals surface area contributed by atoms with Gasteiger partial charge in [0, 0.05) is 83.7 Å². The third-order valence-corrected chi connectivity index (χ3v) is 24.7. The van der Waals surface area contributed by atoms with Gasteiger partial charge in [-0.3, -0.25) is 24.0 Å². The number of hydrogen-bond donors (Lipinski definition) is 5. The predicted molar refractivity (Wildman–Crippen MR) is 478 cm³/mol. The largest absolute Gasteiger partial charge is 0.465 e. The molecule has 3 aromatic heterocycles. The van der Waals surface area contributed by atoms with E-state index in [9.17, 15) is 39.0 Å². The number of anilines is 2. The lowest BCUT2D eigenvalue weighted by Crippen LogP contribution is -2.61. The number of aliphatic hydroxyl groups excluding tert-OH is 1. The number of nitrogens with zero attached hydrogens (tertiary/aromatic N) is 7. The number of ketones is 3. The number of aromatic nitrogens is 5. The van der Waals surface area contributed by atoms with Crippen LogP contribution < -0.4 is 16.8 Å². The molecule has 34 heteroatoms. The van der Waals surface area contributed by atoms with Crippen molar-refractivity contribution >= 4 is 86.5 Å². The zero-order chi connectivity index (χ0) is 90.9. The SMILES string of the molecule is CO[C@H]1C[C@@H]2CC[C@@H](C)[C@@](O)(O2)C(=O)C(=O)N2CCCC[C@H]2C(=O)O[C@H]([C@H](C)C[C@@H]2CC[C@@H](OC(=S)NCCOCCOCCOCCOCCOCCOCCOCCOCCC(=O)N3CCc4cc(Cn5nc(-c6ccc7oc(N)nc7c6)c6c(N)ncnc65)ccc4C3)[C@H](OC)C2)CC(=O)[C@H](C)/C=C(\C)[C@@H](O)[C@@H](OC)C(=O)[C@H](C)C[C@H](C)/C=C/C=C/C=C/1C. The number of nitrogen functional groups attached to an aromatic ring is 2. The van der Waals surface area contributed by atoms with Gasteiger partial charge in [0.05, 0.1) is 142 Å². The minimum atomic E-state index is -2.47. The second kappa shape index (κ2) is 51.2. The number of oxazole rings is 1. The van der Waals surface area contributed by atoms with Crippen molar-refractivity contribution in [3.8, 4) is 11.3 Å². The average molecular weight is 1790 g/mol. The van der Waals surface area contributed by atoms with Crippen molar-refractivity contribution in [2.24, 2.45) is 35.5 Å². The van der Waals surface area contributed by atoms with Gasteiger partial charge in [-0.25, -0.2) is 19.4 Å². The number of fused-ring (bicyclic) bond motifs is 6. The van der Waals surface area contributed by atoms with E-state index in [-0.39, 0.29) is 78.5 Å². The Morgan fingerprint density at radius 1 is 0.724 bits per heavy atom. The maximum absolute atomic E-state index is 14.8. The van der Waals surface area contributed by atoms with Gasteiger partial charge in [-0.1, -0.05) is 89.3 Å². The number of nitrogens with one attached hydrogen (secondary N) is 1. The number of carbonyl (C=O) groups is 6. The van der Waals surface area contributed by atoms with Gasteiger partial charge in [0.15, 0.2) is 17.0 Å². The van der Waals surface area contributed by atoms with Crippen LogP contribution in [0.5, 0.6) is 0 Å². The summed E-state index contributed by atoms with van der Waals surface area (Å²) in [5.74, 6) is -8.05. The van der Waals surface area contributed by atoms with Crippen molar-refractivity contribution in [2.45, 2.75) is 206 Å². The standard InChI is InChI=1S/C93H134N10O23S/c1-59-16-12-11-13-17-60(2)77(112-8)54-71-24-19-65(7)93(111,126-71)86(108)89(109)102-30-15-14-18-73(102)90(110)123-78(55-74(104)61(3)49-64(6)84(107)85(114-10)83(106)63(5)48-59)62(4)50-66-21-25-76(79(52-66)113-9)125-92(127)96-29-33-116-35-37-118-39-41-120-43-45-122-47-46-121-44-42-119-40-38-117-36-34-115-32-28-80(105)101-31-27-68-51-67(20-22-70(68)57-101)56-103-88-81(87(94)97-58-98-88)82(100-103)69-23-26-75-72(53-69)99-91(95)124-75/h11-13,16-17,20,22-23,26,49,51,53,58-59,61-63,65-66,71,73,76-79,84-85,107,111H,14-15,18-19,21,24-25,27-48,50,52,54-57H2,1-10H3,(H2,95,99)(H,96,127)(H2,94,97,98)/b13-11+,16-12+,60-17+,64-49+/t59-,61-,62-,63-,65-,66+,71+,73+,76-,77+,78+,79-,84-,85+,93-/m1/s1. The molecule has 7 heterocycles. The van der Waals surface area contributed by atoms with Crippen LogP contribution in [0, 0.1) is 35.5 Å². The Balaban J connectivity index is 0.552. The lowest BCUT2D eigenvalue weighted by atomic mass is 9.78. The smallest absolute Gasteiger partial charge is 0.329 e. The van der Waals surface area contributed by atoms with E-state index in [4.69, 9.17) is 99.5 Å². The summed E-state index contributed by atoms with van der Waals surface area (Å²) in [5.41, 5.74) is 19.9. The second-order valence-corrected chi connectivity index (χ2v) is 34.3. The molecule has 0 spiro atoms. The third kappa shape index (κ3) is 29.5. The summed E-state index contributed by atoms with van der Waals surface area (Å²) in [6.07, 6.45) is 13.3. The number of rotatable bonds is 37. The molecule has 15 atom stereocenters. The van der Waals surface area contributed by atoms with Crippen LogP contribution >= 0.6 is 12.2 Å². The fourth-order valence-corrected chi connectivity index (χ4v) is 17.3. The van der Waals surface area contributed by atoms with Crippen LogP contribution in [0.2, 0.25) is 0 Å². The second-order valence-electron chi connectivity index (χ2n) is 33.9. The van der Waals surface area contributed by atoms with Crippen LogP contribution in [-0.2, 0) is 115 Å². The van der Waals surface area contributed by atoms with Gasteiger partial charge in [-0.2, -0.15) is 10.1 Å². The lowest BCUT2D eigenvalue weighted by molar-refractivity contribution is -0.265. The van der Waals surface area contributed by atoms with Crippen molar-refractivity contribution in [3.05, 3.63) is 107 Å². The van der Waals surface area contributed by atoms with Gasteiger partial charge in [-0.05, 0) is 160 Å². The summed E-state index contributed by atoms with van der Waals surface area (Å²) in [5, 5.41) is 32.7. The molecule has 4 aliphatic heterocycles. The fourth-order valence-electron chi connectivity index (χ4n) is 17.1. The van der Waals surface area contributed by atoms with Crippen LogP contribution in [0.4, 0.5) is 11.8 Å². The average Bonchev–Trinajstić information content (AvgIpc) is 1.71. The summed E-state index contributed by atoms with van der Waals surface area (Å²) in [6.45, 7) is 20.9. The number of esters is 1. The van der Waals surface area contributed by atoms with Crippen LogP contribution in [0.1, 0.15) is 149 Å². The summed E-state index contributed by atoms with van der Waals surface area (Å²) in [6, 6.07) is 10.7. The Bertz CT molecular complexity index is 4520. The van der Waals surface area contributed by atoms with Crippen molar-refractivity contribution in [2.75, 3.05) is 158 Å². The summed E-state index contributed by atoms with van der Waals surface area (Å²) in [4.78, 5) is 102. The first-order valence-electron chi connectivity index (χ1n) is 44.8. The zero-order valence-electron chi connectivity index (χ0n) is 75.5. The monoisotopic (exact) mass is 1790 g/mol. The highest BCUT2D eigenvalue weighted by Crippen LogP contribution is 2.40. The minimum Gasteiger partial charge on any atom is -0.465 e. The van der Waals surface area contributed by atoms with E-state index >= 15 is 0 Å². The number of hydrogen-bond acceptors (Lipinski definition) is 30. The number of ether oxygens (including phenoxy) is 14. The Kier molecular flexibility index (Phi) is 40.6. The highest BCUT2D eigenvalue weighted by molar-refractivity contribution is 7.80. The molecule has 7 N–H and O–H groups in total. The van der Waals surface area contributed by atoms with Gasteiger partial charge >= 0.3 is 5.97 Å². The molecule has 1 saturated carbocycles. The summed E-state index contributed by atoms with van der Waals surface area (Å²) >= 11 is 5.62. The molecule has 5 aromatic rings. The molecular formula is C93H134N10O23S. The van der Waals surface area contributed by atoms with Crippen molar-refractivity contribution in [1.82, 2.24) is 39.8 Å². The van der Waals surface area contributed by atoms with Gasteiger partial charge in [0.1, 0.15) is 59.6 Å². The molecule has 2 saturated heterocycles. The quantitative estimate of drug-likeness (QED) is 0.00812. The molecule has 2 amide bonds. The summed E-state index contributed by atoms with van der Waals surface area (Å²) in [7, 11) is 4.57. The molecule has 2 aromatic carbocycles. The summed E-state index contributed by atoms with van der Waals surface area (Å²) < 4.78 is 89.0. The zero-order valence-corrected chi connectivity index (χ0v) is 76.3. The highest BCUT2D eigenvalue weighted by Gasteiger charge is 2.53. The highest BCUT2D eigenvalue weighted by atomic mass is 32.1. The molecule has 0 radical (unpaired) electrons. The Hall–Kier alpha value is -8.43. The molecule has 10 rings (SSSR count). The van der Waals surface area contributed by atoms with E-state index in [1.54, 1.807) is 47.1 Å². The van der Waals surface area contributed by atoms with E-state index in [1.165, 1.54) is 23.9 Å². The van der Waals surface area contributed by atoms with Gasteiger partial charge in [0.2, 0.25) is 11.7 Å². The molecule has 5 aliphatic rings. The number of benzene rings is 2. The number of methoxy groups -OCH3 is 3. The number of allylic oxidation sites excluding steroid dienone is 6. The van der Waals surface area contributed by atoms with E-state index < -0.39 is 83.7 Å². The van der Waals surface area contributed by atoms with Crippen LogP contribution in [0.3, 0.4) is 0 Å². The number of cyclic esters (lactones) is 1. The van der Waals surface area contributed by atoms with Crippen LogP contribution in [0.25, 0.3) is 33.4 Å². The number of Topliss-reactive ketones (excluding diaryl/α,β-unsaturated/α-hetero) is 3. The molecule has 700 valence electrons. The molecule has 1 aliphatic carbocycles. The minimum absolute atomic E-state index is 0.0117. The van der Waals surface area contributed by atoms with E-state index in [0.717, 1.165) is 28.7 Å². The van der Waals surface area contributed by atoms with E-state index in [1.807, 2.05) is 79.8 Å². The van der Waals surface area contributed by atoms with E-state index in [0.29, 0.717) is 235 Å². The first-order valence-corrected chi connectivity index (χ1v) is 45.3. The van der Waals surface area contributed by atoms with Gasteiger partial charge in [0.25, 0.3) is 22.9 Å². The van der Waals surface area contributed by atoms with Crippen molar-refractivity contribution in [3.63, 3.8) is 0 Å². The number of carbonyl (C=O) groups excluding carboxylic acids is 6. The third-order valence-electron chi connectivity index (χ3n) is 24.5. The van der Waals surface area contributed by atoms with Gasteiger partial charge < -0.3 is 108 Å². The molecule has 127 heavy (non-hydrogen) atoms. The van der Waals surface area contributed by atoms with Crippen LogP contribution in [-0.4, -0.2) is 286 Å². The Morgan fingerprint density at radius 3 is 2.07 bits per heavy atom. The molecular weight excluding hydrogens is 1660 g/mol. The normalized spacial score (nSPS) is 27.0.